The highest BCUT2D eigenvalue weighted by Crippen LogP contribution is 2.55. The molecule has 0 atom stereocenters. The molecule has 7 heterocycles. The van der Waals surface area contributed by atoms with Gasteiger partial charge >= 0.3 is 0 Å². The lowest BCUT2D eigenvalue weighted by Crippen LogP contribution is -2.15. The first-order chi connectivity index (χ1) is 29.7. The van der Waals surface area contributed by atoms with Gasteiger partial charge in [-0.3, -0.25) is 0 Å². The summed E-state index contributed by atoms with van der Waals surface area (Å²) >= 11 is 0. The van der Waals surface area contributed by atoms with Crippen LogP contribution in [-0.2, 0) is 56.8 Å². The average molecular weight is 805 g/mol. The minimum atomic E-state index is -0.836. The largest absolute Gasteiger partial charge is 0.315 e. The second-order valence-electron chi connectivity index (χ2n) is 15.4. The third-order valence-corrected chi connectivity index (χ3v) is 12.0. The topological polar surface area (TPSA) is 111 Å². The Morgan fingerprint density at radius 2 is 0.233 bits per heavy atom. The summed E-state index contributed by atoms with van der Waals surface area (Å²) in [5.41, 5.74) is 9.73. The number of rotatable bonds is 0. The molecular weight excluding hydrogens is 769 g/mol. The standard InChI is InChI=1S/C48H36O12/c1-2-14-26-25(13-1)37-49-38(26)56-40-29-17-5-6-18-30(29)42(51-40)58-44-33-21-9-10-22-34(33)46(53-44)60-48-36-24-12-11-23-35(36)47(54-48)59-45-32-20-8-7-19-31(32)43(52-45)57-41-28-16-4-3-15-27(28)39(50-41)55-37/h1-24,37-48H. The number of benzene rings is 6. The van der Waals surface area contributed by atoms with E-state index in [4.69, 9.17) is 56.8 Å². The van der Waals surface area contributed by atoms with E-state index in [1.54, 1.807) is 0 Å². The second kappa shape index (κ2) is 14.2. The van der Waals surface area contributed by atoms with Gasteiger partial charge in [0, 0.05) is 66.8 Å². The summed E-state index contributed by atoms with van der Waals surface area (Å²) in [5, 5.41) is 0. The normalized spacial score (nSPS) is 33.2. The Morgan fingerprint density at radius 3 is 0.317 bits per heavy atom. The monoisotopic (exact) mass is 804 g/mol. The fourth-order valence-corrected chi connectivity index (χ4v) is 9.13. The highest BCUT2D eigenvalue weighted by Gasteiger charge is 2.47. The van der Waals surface area contributed by atoms with Gasteiger partial charge in [0.05, 0.1) is 0 Å². The second-order valence-corrected chi connectivity index (χ2v) is 15.4. The highest BCUT2D eigenvalue weighted by atomic mass is 16.9. The van der Waals surface area contributed by atoms with E-state index in [0.29, 0.717) is 0 Å². The molecule has 6 aromatic carbocycles. The van der Waals surface area contributed by atoms with Crippen LogP contribution in [-0.4, -0.2) is 0 Å². The maximum atomic E-state index is 6.67. The third kappa shape index (κ3) is 5.77. The van der Waals surface area contributed by atoms with Crippen molar-refractivity contribution >= 4 is 0 Å². The zero-order chi connectivity index (χ0) is 39.3. The van der Waals surface area contributed by atoms with E-state index < -0.39 is 75.5 Å². The Bertz CT molecular complexity index is 1990. The molecule has 12 nitrogen and oxygen atoms in total. The van der Waals surface area contributed by atoms with E-state index in [1.165, 1.54) is 0 Å². The van der Waals surface area contributed by atoms with Crippen molar-refractivity contribution in [3.63, 3.8) is 0 Å². The van der Waals surface area contributed by atoms with Crippen LogP contribution >= 0.6 is 0 Å². The van der Waals surface area contributed by atoms with Gasteiger partial charge in [0.2, 0.25) is 0 Å². The van der Waals surface area contributed by atoms with Gasteiger partial charge in [-0.15, -0.1) is 0 Å². The highest BCUT2D eigenvalue weighted by molar-refractivity contribution is 5.39. The molecule has 0 spiro atoms. The minimum Gasteiger partial charge on any atom is -0.315 e. The van der Waals surface area contributed by atoms with Crippen LogP contribution in [0.1, 0.15) is 142 Å². The van der Waals surface area contributed by atoms with E-state index in [2.05, 4.69) is 0 Å². The van der Waals surface area contributed by atoms with Crippen molar-refractivity contribution in [1.82, 2.24) is 0 Å². The zero-order valence-corrected chi connectivity index (χ0v) is 31.7. The maximum Gasteiger partial charge on any atom is 0.191 e. The molecule has 6 aromatic rings. The molecule has 7 aliphatic rings. The fraction of sp³-hybridized carbons (Fsp3) is 0.250. The molecule has 0 unspecified atom stereocenters. The van der Waals surface area contributed by atoms with Crippen LogP contribution in [0.4, 0.5) is 0 Å². The average Bonchev–Trinajstić information content (AvgIpc) is 4.14. The number of hydrogen-bond donors (Lipinski definition) is 0. The minimum absolute atomic E-state index is 0.811. The number of ether oxygens (including phenoxy) is 12. The predicted octanol–water partition coefficient (Wildman–Crippen LogP) is 10.5. The van der Waals surface area contributed by atoms with Crippen molar-refractivity contribution in [3.8, 4) is 0 Å². The van der Waals surface area contributed by atoms with Crippen LogP contribution in [0, 0.1) is 0 Å². The molecule has 0 saturated carbocycles. The van der Waals surface area contributed by atoms with E-state index in [1.807, 2.05) is 146 Å². The van der Waals surface area contributed by atoms with Crippen LogP contribution in [0.2, 0.25) is 0 Å². The van der Waals surface area contributed by atoms with Crippen LogP contribution in [0.3, 0.4) is 0 Å². The smallest absolute Gasteiger partial charge is 0.191 e. The molecule has 0 N–H and O–H groups in total. The molecule has 0 radical (unpaired) electrons. The summed E-state index contributed by atoms with van der Waals surface area (Å²) in [4.78, 5) is 0. The summed E-state index contributed by atoms with van der Waals surface area (Å²) in [6, 6.07) is 46.9. The Balaban J connectivity index is 0.876. The van der Waals surface area contributed by atoms with Crippen molar-refractivity contribution < 1.29 is 56.8 Å². The number of fused-ring (bicyclic) bond motifs is 30. The van der Waals surface area contributed by atoms with Crippen LogP contribution in [0.5, 0.6) is 0 Å². The molecular formula is C48H36O12. The van der Waals surface area contributed by atoms with Gasteiger partial charge < -0.3 is 56.8 Å². The van der Waals surface area contributed by atoms with Gasteiger partial charge in [-0.25, -0.2) is 0 Å². The lowest BCUT2D eigenvalue weighted by molar-refractivity contribution is -0.374. The van der Waals surface area contributed by atoms with Gasteiger partial charge in [-0.05, 0) is 0 Å². The van der Waals surface area contributed by atoms with E-state index in [0.717, 1.165) is 66.8 Å². The predicted molar refractivity (Wildman–Crippen MR) is 205 cm³/mol. The van der Waals surface area contributed by atoms with E-state index in [9.17, 15) is 0 Å². The van der Waals surface area contributed by atoms with Crippen molar-refractivity contribution in [3.05, 3.63) is 212 Å². The Kier molecular flexibility index (Phi) is 8.43. The van der Waals surface area contributed by atoms with Crippen molar-refractivity contribution in [2.45, 2.75) is 75.5 Å². The summed E-state index contributed by atoms with van der Waals surface area (Å²) < 4.78 is 79.4. The first kappa shape index (κ1) is 35.6. The molecule has 1 fully saturated rings. The van der Waals surface area contributed by atoms with Crippen LogP contribution in [0.15, 0.2) is 146 Å². The van der Waals surface area contributed by atoms with Gasteiger partial charge in [0.1, 0.15) is 0 Å². The van der Waals surface area contributed by atoms with E-state index in [-0.39, 0.29) is 0 Å². The zero-order valence-electron chi connectivity index (χ0n) is 31.7. The molecule has 13 rings (SSSR count). The molecule has 300 valence electrons. The quantitative estimate of drug-likeness (QED) is 0.146. The van der Waals surface area contributed by atoms with Crippen molar-refractivity contribution in [1.29, 1.82) is 0 Å². The Labute approximate surface area is 343 Å². The molecule has 12 heteroatoms. The summed E-state index contributed by atoms with van der Waals surface area (Å²) in [7, 11) is 0. The lowest BCUT2D eigenvalue weighted by atomic mass is 10.1. The Hall–Kier alpha value is -5.16. The van der Waals surface area contributed by atoms with Crippen molar-refractivity contribution in [2.24, 2.45) is 0 Å². The SMILES string of the molecule is c1ccc2c(c1)C1OC2OC2OC(OC3OC(OC4OC(OC5OC(OC6OC(O1)c1ccccc16)c1ccccc15)c1ccccc14)c1ccccc13)c1ccccc12. The molecule has 0 aromatic heterocycles. The number of hydrogen-bond acceptors (Lipinski definition) is 12. The molecule has 0 aliphatic carbocycles. The molecule has 12 bridgehead atoms. The molecule has 60 heavy (non-hydrogen) atoms. The van der Waals surface area contributed by atoms with Gasteiger partial charge in [-0.1, -0.05) is 146 Å². The van der Waals surface area contributed by atoms with Crippen molar-refractivity contribution in [2.75, 3.05) is 0 Å². The fourth-order valence-electron chi connectivity index (χ4n) is 9.13. The third-order valence-electron chi connectivity index (χ3n) is 12.0. The van der Waals surface area contributed by atoms with Gasteiger partial charge in [0.15, 0.2) is 75.5 Å². The summed E-state index contributed by atoms with van der Waals surface area (Å²) in [6.07, 6.45) is -10.0. The Morgan fingerprint density at radius 1 is 0.150 bits per heavy atom. The van der Waals surface area contributed by atoms with Crippen LogP contribution < -0.4 is 0 Å². The van der Waals surface area contributed by atoms with Crippen LogP contribution in [0.25, 0.3) is 0 Å². The molecule has 0 amide bonds. The maximum absolute atomic E-state index is 6.67. The molecule has 7 aliphatic heterocycles. The van der Waals surface area contributed by atoms with Gasteiger partial charge in [0.25, 0.3) is 0 Å². The lowest BCUT2D eigenvalue weighted by Gasteiger charge is -2.24. The van der Waals surface area contributed by atoms with Gasteiger partial charge in [-0.2, -0.15) is 0 Å². The molecule has 1 saturated heterocycles. The summed E-state index contributed by atoms with van der Waals surface area (Å²) in [6.45, 7) is 0. The first-order valence-electron chi connectivity index (χ1n) is 20.1. The first-order valence-corrected chi connectivity index (χ1v) is 20.1. The summed E-state index contributed by atoms with van der Waals surface area (Å²) in [5.74, 6) is 0. The van der Waals surface area contributed by atoms with E-state index >= 15 is 0 Å².